The molecule has 7 heteroatoms. The van der Waals surface area contributed by atoms with Crippen LogP contribution in [-0.2, 0) is 15.1 Å². The van der Waals surface area contributed by atoms with Gasteiger partial charge in [-0.15, -0.1) is 0 Å². The Morgan fingerprint density at radius 1 is 1.07 bits per heavy atom. The van der Waals surface area contributed by atoms with E-state index in [0.717, 1.165) is 30.6 Å². The predicted octanol–water partition coefficient (Wildman–Crippen LogP) is 2.01. The van der Waals surface area contributed by atoms with Crippen molar-refractivity contribution >= 4 is 17.8 Å². The van der Waals surface area contributed by atoms with Crippen molar-refractivity contribution in [2.75, 3.05) is 26.2 Å². The summed E-state index contributed by atoms with van der Waals surface area (Å²) in [5.41, 5.74) is -0.460. The standard InChI is InChI=1S/C20H25N3O4/c24-17(22-11-6-2-1-3-7-12-22)14-23-18(25)20(21-19(23)26)10-13-27-16-9-5-4-8-15(16)20/h4-5,8-9H,1-3,6-7,10-14H2,(H,21,26). The Morgan fingerprint density at radius 2 is 1.78 bits per heavy atom. The lowest BCUT2D eigenvalue weighted by molar-refractivity contribution is -0.139. The van der Waals surface area contributed by atoms with E-state index in [1.54, 1.807) is 17.0 Å². The lowest BCUT2D eigenvalue weighted by Gasteiger charge is -2.33. The van der Waals surface area contributed by atoms with E-state index < -0.39 is 11.6 Å². The first kappa shape index (κ1) is 17.8. The van der Waals surface area contributed by atoms with E-state index in [9.17, 15) is 14.4 Å². The smallest absolute Gasteiger partial charge is 0.325 e. The number of ether oxygens (including phenoxy) is 1. The summed E-state index contributed by atoms with van der Waals surface area (Å²) in [4.78, 5) is 41.4. The topological polar surface area (TPSA) is 79.0 Å². The fourth-order valence-electron chi connectivity index (χ4n) is 4.25. The van der Waals surface area contributed by atoms with Crippen molar-refractivity contribution in [3.63, 3.8) is 0 Å². The summed E-state index contributed by atoms with van der Waals surface area (Å²) in [5, 5.41) is 2.84. The number of hydrogen-bond acceptors (Lipinski definition) is 4. The third-order valence-electron chi connectivity index (χ3n) is 5.76. The lowest BCUT2D eigenvalue weighted by Crippen LogP contribution is -2.48. The first-order valence-corrected chi connectivity index (χ1v) is 9.76. The summed E-state index contributed by atoms with van der Waals surface area (Å²) in [6.07, 6.45) is 5.75. The van der Waals surface area contributed by atoms with Crippen molar-refractivity contribution in [1.82, 2.24) is 15.1 Å². The average molecular weight is 371 g/mol. The number of hydrogen-bond donors (Lipinski definition) is 1. The minimum atomic E-state index is -1.12. The largest absolute Gasteiger partial charge is 0.493 e. The van der Waals surface area contributed by atoms with Gasteiger partial charge in [0.15, 0.2) is 5.54 Å². The number of carbonyl (C=O) groups is 3. The van der Waals surface area contributed by atoms with Gasteiger partial charge in [0.05, 0.1) is 6.61 Å². The van der Waals surface area contributed by atoms with Crippen molar-refractivity contribution < 1.29 is 19.1 Å². The second-order valence-electron chi connectivity index (χ2n) is 7.47. The van der Waals surface area contributed by atoms with Gasteiger partial charge >= 0.3 is 6.03 Å². The molecule has 1 N–H and O–H groups in total. The maximum Gasteiger partial charge on any atom is 0.325 e. The number of fused-ring (bicyclic) bond motifs is 2. The maximum atomic E-state index is 13.2. The SMILES string of the molecule is O=C(CN1C(=O)NC2(CCOc3ccccc32)C1=O)N1CCCCCCC1. The minimum Gasteiger partial charge on any atom is -0.493 e. The van der Waals surface area contributed by atoms with Gasteiger partial charge in [0.25, 0.3) is 5.91 Å². The zero-order valence-electron chi connectivity index (χ0n) is 15.4. The van der Waals surface area contributed by atoms with Crippen LogP contribution in [0.15, 0.2) is 24.3 Å². The molecule has 0 aliphatic carbocycles. The molecule has 1 spiro atoms. The van der Waals surface area contributed by atoms with Crippen LogP contribution in [-0.4, -0.2) is 53.9 Å². The number of urea groups is 1. The van der Waals surface area contributed by atoms with Crippen LogP contribution in [0.25, 0.3) is 0 Å². The molecule has 144 valence electrons. The highest BCUT2D eigenvalue weighted by molar-refractivity contribution is 6.09. The molecule has 0 saturated carbocycles. The monoisotopic (exact) mass is 371 g/mol. The Balaban J connectivity index is 1.53. The number of nitrogens with one attached hydrogen (secondary N) is 1. The van der Waals surface area contributed by atoms with Crippen LogP contribution in [0.5, 0.6) is 5.75 Å². The highest BCUT2D eigenvalue weighted by Gasteiger charge is 2.55. The average Bonchev–Trinajstić information content (AvgIpc) is 2.87. The minimum absolute atomic E-state index is 0.155. The Bertz CT molecular complexity index is 757. The van der Waals surface area contributed by atoms with E-state index >= 15 is 0 Å². The van der Waals surface area contributed by atoms with Gasteiger partial charge in [0, 0.05) is 25.1 Å². The van der Waals surface area contributed by atoms with Crippen LogP contribution in [0.4, 0.5) is 4.79 Å². The molecule has 3 aliphatic heterocycles. The highest BCUT2D eigenvalue weighted by atomic mass is 16.5. The van der Waals surface area contributed by atoms with E-state index in [2.05, 4.69) is 5.32 Å². The second kappa shape index (κ2) is 7.21. The fraction of sp³-hybridized carbons (Fsp3) is 0.550. The van der Waals surface area contributed by atoms with Crippen LogP contribution in [0, 0.1) is 0 Å². The van der Waals surface area contributed by atoms with E-state index in [0.29, 0.717) is 37.4 Å². The molecule has 7 nitrogen and oxygen atoms in total. The van der Waals surface area contributed by atoms with Crippen molar-refractivity contribution in [2.24, 2.45) is 0 Å². The molecule has 1 aromatic rings. The fourth-order valence-corrected chi connectivity index (χ4v) is 4.25. The molecule has 1 atom stereocenters. The first-order chi connectivity index (χ1) is 13.1. The predicted molar refractivity (Wildman–Crippen MR) is 98.1 cm³/mol. The summed E-state index contributed by atoms with van der Waals surface area (Å²) < 4.78 is 5.63. The van der Waals surface area contributed by atoms with Crippen LogP contribution in [0.1, 0.15) is 44.1 Å². The van der Waals surface area contributed by atoms with Crippen molar-refractivity contribution in [1.29, 1.82) is 0 Å². The molecule has 3 heterocycles. The quantitative estimate of drug-likeness (QED) is 0.807. The van der Waals surface area contributed by atoms with Crippen molar-refractivity contribution in [3.8, 4) is 5.75 Å². The molecule has 0 bridgehead atoms. The number of carbonyl (C=O) groups excluding carboxylic acids is 3. The van der Waals surface area contributed by atoms with Crippen LogP contribution >= 0.6 is 0 Å². The van der Waals surface area contributed by atoms with Crippen LogP contribution < -0.4 is 10.1 Å². The number of nitrogens with zero attached hydrogens (tertiary/aromatic N) is 2. The van der Waals surface area contributed by atoms with Gasteiger partial charge in [0.2, 0.25) is 5.91 Å². The van der Waals surface area contributed by atoms with Gasteiger partial charge in [0.1, 0.15) is 12.3 Å². The van der Waals surface area contributed by atoms with Gasteiger partial charge in [-0.1, -0.05) is 37.5 Å². The molecule has 4 rings (SSSR count). The molecule has 27 heavy (non-hydrogen) atoms. The summed E-state index contributed by atoms with van der Waals surface area (Å²) in [7, 11) is 0. The zero-order chi connectivity index (χ0) is 18.9. The van der Waals surface area contributed by atoms with Crippen LogP contribution in [0.3, 0.4) is 0 Å². The van der Waals surface area contributed by atoms with Gasteiger partial charge in [-0.3, -0.25) is 14.5 Å². The lowest BCUT2D eigenvalue weighted by atomic mass is 9.84. The Morgan fingerprint density at radius 3 is 2.56 bits per heavy atom. The summed E-state index contributed by atoms with van der Waals surface area (Å²) in [6.45, 7) is 1.54. The Labute approximate surface area is 158 Å². The second-order valence-corrected chi connectivity index (χ2v) is 7.47. The molecule has 0 radical (unpaired) electrons. The molecule has 2 saturated heterocycles. The zero-order valence-corrected chi connectivity index (χ0v) is 15.4. The summed E-state index contributed by atoms with van der Waals surface area (Å²) >= 11 is 0. The normalized spacial score (nSPS) is 25.5. The van der Waals surface area contributed by atoms with Gasteiger partial charge < -0.3 is 15.0 Å². The molecular weight excluding hydrogens is 346 g/mol. The van der Waals surface area contributed by atoms with Gasteiger partial charge in [-0.05, 0) is 18.9 Å². The number of imide groups is 1. The molecule has 1 aromatic carbocycles. The number of benzene rings is 1. The molecule has 3 aliphatic rings. The Kier molecular flexibility index (Phi) is 4.76. The molecular formula is C20H25N3O4. The number of para-hydroxylation sites is 1. The van der Waals surface area contributed by atoms with E-state index in [1.165, 1.54) is 6.42 Å². The molecule has 4 amide bonds. The van der Waals surface area contributed by atoms with E-state index in [1.807, 2.05) is 12.1 Å². The number of likely N-dealkylation sites (tertiary alicyclic amines) is 1. The van der Waals surface area contributed by atoms with E-state index in [4.69, 9.17) is 4.74 Å². The molecule has 2 fully saturated rings. The first-order valence-electron chi connectivity index (χ1n) is 9.76. The van der Waals surface area contributed by atoms with Crippen LogP contribution in [0.2, 0.25) is 0 Å². The summed E-state index contributed by atoms with van der Waals surface area (Å²) in [5.74, 6) is 0.0933. The van der Waals surface area contributed by atoms with Gasteiger partial charge in [-0.25, -0.2) is 4.79 Å². The number of amides is 4. The maximum absolute atomic E-state index is 13.2. The van der Waals surface area contributed by atoms with Gasteiger partial charge in [-0.2, -0.15) is 0 Å². The number of rotatable bonds is 2. The van der Waals surface area contributed by atoms with Crippen molar-refractivity contribution in [3.05, 3.63) is 29.8 Å². The Hall–Kier alpha value is -2.57. The molecule has 1 unspecified atom stereocenters. The van der Waals surface area contributed by atoms with Crippen molar-refractivity contribution in [2.45, 2.75) is 44.1 Å². The molecule has 0 aromatic heterocycles. The van der Waals surface area contributed by atoms with E-state index in [-0.39, 0.29) is 18.4 Å². The third kappa shape index (κ3) is 3.15. The summed E-state index contributed by atoms with van der Waals surface area (Å²) in [6, 6.07) is 6.75. The highest BCUT2D eigenvalue weighted by Crippen LogP contribution is 2.40. The third-order valence-corrected chi connectivity index (χ3v) is 5.76.